The Kier molecular flexibility index (Phi) is 4.57. The van der Waals surface area contributed by atoms with Crippen molar-refractivity contribution in [1.29, 1.82) is 0 Å². The first kappa shape index (κ1) is 16.2. The molecular weight excluding hydrogens is 321 g/mol. The number of para-hydroxylation sites is 1. The summed E-state index contributed by atoms with van der Waals surface area (Å²) in [7, 11) is -3.01. The van der Waals surface area contributed by atoms with E-state index in [2.05, 4.69) is 5.32 Å². The minimum atomic E-state index is -3.01. The highest BCUT2D eigenvalue weighted by atomic mass is 32.2. The zero-order valence-electron chi connectivity index (χ0n) is 12.8. The number of carbonyl (C=O) groups excluding carboxylic acids is 1. The fourth-order valence-corrected chi connectivity index (χ4v) is 5.11. The summed E-state index contributed by atoms with van der Waals surface area (Å²) in [5.41, 5.74) is 0.640. The van der Waals surface area contributed by atoms with Crippen LogP contribution in [-0.2, 0) is 14.6 Å². The van der Waals surface area contributed by atoms with E-state index in [4.69, 9.17) is 4.74 Å². The van der Waals surface area contributed by atoms with E-state index in [0.29, 0.717) is 25.0 Å². The van der Waals surface area contributed by atoms with Crippen molar-refractivity contribution in [2.24, 2.45) is 5.92 Å². The van der Waals surface area contributed by atoms with Crippen LogP contribution in [0.15, 0.2) is 18.2 Å². The maximum absolute atomic E-state index is 13.7. The number of carbonyl (C=O) groups is 1. The Balaban J connectivity index is 1.64. The molecule has 1 amide bonds. The van der Waals surface area contributed by atoms with E-state index in [1.54, 1.807) is 12.1 Å². The van der Waals surface area contributed by atoms with E-state index in [0.717, 1.165) is 6.42 Å². The third-order valence-corrected chi connectivity index (χ3v) is 6.28. The summed E-state index contributed by atoms with van der Waals surface area (Å²) in [6.07, 6.45) is 2.14. The molecule has 126 valence electrons. The van der Waals surface area contributed by atoms with Crippen molar-refractivity contribution in [3.05, 3.63) is 29.6 Å². The molecule has 2 atom stereocenters. The molecule has 0 bridgehead atoms. The van der Waals surface area contributed by atoms with Crippen LogP contribution in [0.25, 0.3) is 0 Å². The largest absolute Gasteiger partial charge is 0.490 e. The monoisotopic (exact) mass is 341 g/mol. The van der Waals surface area contributed by atoms with E-state index in [1.807, 2.05) is 0 Å². The van der Waals surface area contributed by atoms with Gasteiger partial charge in [-0.05, 0) is 24.8 Å². The molecule has 1 saturated heterocycles. The van der Waals surface area contributed by atoms with Crippen molar-refractivity contribution in [2.75, 3.05) is 18.1 Å². The number of benzene rings is 1. The Labute approximate surface area is 135 Å². The van der Waals surface area contributed by atoms with Crippen LogP contribution in [0.2, 0.25) is 0 Å². The molecule has 23 heavy (non-hydrogen) atoms. The van der Waals surface area contributed by atoms with E-state index < -0.39 is 15.7 Å². The smallest absolute Gasteiger partial charge is 0.220 e. The van der Waals surface area contributed by atoms with Gasteiger partial charge >= 0.3 is 0 Å². The van der Waals surface area contributed by atoms with Gasteiger partial charge < -0.3 is 10.1 Å². The lowest BCUT2D eigenvalue weighted by atomic mass is 9.98. The van der Waals surface area contributed by atoms with Gasteiger partial charge in [0.25, 0.3) is 0 Å². The predicted octanol–water partition coefficient (Wildman–Crippen LogP) is 1.98. The summed E-state index contributed by atoms with van der Waals surface area (Å²) < 4.78 is 42.4. The second-order valence-corrected chi connectivity index (χ2v) is 8.47. The Morgan fingerprint density at radius 1 is 1.35 bits per heavy atom. The van der Waals surface area contributed by atoms with Gasteiger partial charge in [-0.15, -0.1) is 0 Å². The SMILES string of the molecule is O=C(C[C@@H]1CCCS(=O)(=O)C1)N[C@H]1CCOc2c(F)cccc21. The van der Waals surface area contributed by atoms with Crippen molar-refractivity contribution in [3.63, 3.8) is 0 Å². The number of rotatable bonds is 3. The maximum Gasteiger partial charge on any atom is 0.220 e. The Hall–Kier alpha value is -1.63. The molecule has 0 radical (unpaired) electrons. The van der Waals surface area contributed by atoms with Crippen LogP contribution >= 0.6 is 0 Å². The van der Waals surface area contributed by atoms with Crippen molar-refractivity contribution >= 4 is 15.7 Å². The second kappa shape index (κ2) is 6.47. The van der Waals surface area contributed by atoms with Gasteiger partial charge in [0, 0.05) is 18.4 Å². The average Bonchev–Trinajstić information content (AvgIpc) is 2.47. The molecule has 7 heteroatoms. The summed E-state index contributed by atoms with van der Waals surface area (Å²) in [5.74, 6) is -0.240. The molecule has 0 saturated carbocycles. The zero-order valence-corrected chi connectivity index (χ0v) is 13.6. The molecular formula is C16H20FNO4S. The maximum atomic E-state index is 13.7. The number of nitrogens with one attached hydrogen (secondary N) is 1. The highest BCUT2D eigenvalue weighted by molar-refractivity contribution is 7.91. The quantitative estimate of drug-likeness (QED) is 0.912. The summed E-state index contributed by atoms with van der Waals surface area (Å²) >= 11 is 0. The number of halogens is 1. The first-order valence-corrected chi connectivity index (χ1v) is 9.68. The minimum absolute atomic E-state index is 0.0828. The van der Waals surface area contributed by atoms with Gasteiger partial charge in [0.1, 0.15) is 0 Å². The molecule has 1 fully saturated rings. The standard InChI is InChI=1S/C16H20FNO4S/c17-13-5-1-4-12-14(6-7-22-16(12)13)18-15(19)9-11-3-2-8-23(20,21)10-11/h1,4-5,11,14H,2-3,6-10H2,(H,18,19)/t11-,14-/m0/s1. The molecule has 5 nitrogen and oxygen atoms in total. The third-order valence-electron chi connectivity index (χ3n) is 4.39. The Morgan fingerprint density at radius 2 is 2.17 bits per heavy atom. The third kappa shape index (κ3) is 3.83. The molecule has 0 unspecified atom stereocenters. The predicted molar refractivity (Wildman–Crippen MR) is 83.4 cm³/mol. The van der Waals surface area contributed by atoms with Gasteiger partial charge in [-0.3, -0.25) is 4.79 Å². The number of hydrogen-bond donors (Lipinski definition) is 1. The molecule has 1 N–H and O–H groups in total. The van der Waals surface area contributed by atoms with Crippen molar-refractivity contribution in [3.8, 4) is 5.75 Å². The zero-order chi connectivity index (χ0) is 16.4. The van der Waals surface area contributed by atoms with E-state index in [9.17, 15) is 17.6 Å². The lowest BCUT2D eigenvalue weighted by Gasteiger charge is -2.28. The summed E-state index contributed by atoms with van der Waals surface area (Å²) in [4.78, 5) is 12.2. The van der Waals surface area contributed by atoms with Crippen LogP contribution < -0.4 is 10.1 Å². The van der Waals surface area contributed by atoms with Crippen LogP contribution in [-0.4, -0.2) is 32.4 Å². The Morgan fingerprint density at radius 3 is 2.96 bits per heavy atom. The van der Waals surface area contributed by atoms with E-state index in [-0.39, 0.29) is 41.5 Å². The lowest BCUT2D eigenvalue weighted by Crippen LogP contribution is -2.35. The molecule has 2 heterocycles. The van der Waals surface area contributed by atoms with Crippen LogP contribution in [0.1, 0.15) is 37.3 Å². The average molecular weight is 341 g/mol. The van der Waals surface area contributed by atoms with Gasteiger partial charge in [-0.25, -0.2) is 12.8 Å². The summed E-state index contributed by atoms with van der Waals surface area (Å²) in [6.45, 7) is 0.344. The fourth-order valence-electron chi connectivity index (χ4n) is 3.33. The number of sulfone groups is 1. The van der Waals surface area contributed by atoms with Crippen molar-refractivity contribution < 1.29 is 22.3 Å². The van der Waals surface area contributed by atoms with Crippen LogP contribution in [0, 0.1) is 11.7 Å². The molecule has 1 aromatic rings. The van der Waals surface area contributed by atoms with Crippen molar-refractivity contribution in [2.45, 2.75) is 31.7 Å². The van der Waals surface area contributed by atoms with E-state index in [1.165, 1.54) is 6.07 Å². The van der Waals surface area contributed by atoms with Gasteiger partial charge in [-0.2, -0.15) is 0 Å². The summed E-state index contributed by atoms with van der Waals surface area (Å²) in [6, 6.07) is 4.38. The molecule has 0 aliphatic carbocycles. The van der Waals surface area contributed by atoms with Crippen LogP contribution in [0.5, 0.6) is 5.75 Å². The first-order valence-electron chi connectivity index (χ1n) is 7.85. The highest BCUT2D eigenvalue weighted by Gasteiger charge is 2.29. The Bertz CT molecular complexity index is 704. The summed E-state index contributed by atoms with van der Waals surface area (Å²) in [5, 5.41) is 2.90. The first-order chi connectivity index (χ1) is 10.9. The van der Waals surface area contributed by atoms with E-state index >= 15 is 0 Å². The number of amides is 1. The number of fused-ring (bicyclic) bond motifs is 1. The topological polar surface area (TPSA) is 72.5 Å². The van der Waals surface area contributed by atoms with Crippen LogP contribution in [0.3, 0.4) is 0 Å². The molecule has 1 aromatic carbocycles. The van der Waals surface area contributed by atoms with Crippen LogP contribution in [0.4, 0.5) is 4.39 Å². The van der Waals surface area contributed by atoms with Gasteiger partial charge in [-0.1, -0.05) is 12.1 Å². The van der Waals surface area contributed by atoms with Gasteiger partial charge in [0.2, 0.25) is 5.91 Å². The normalized spacial score (nSPS) is 26.0. The molecule has 0 spiro atoms. The number of ether oxygens (including phenoxy) is 1. The minimum Gasteiger partial charge on any atom is -0.490 e. The highest BCUT2D eigenvalue weighted by Crippen LogP contribution is 2.34. The number of hydrogen-bond acceptors (Lipinski definition) is 4. The molecule has 2 aliphatic heterocycles. The molecule has 2 aliphatic rings. The fraction of sp³-hybridized carbons (Fsp3) is 0.562. The lowest BCUT2D eigenvalue weighted by molar-refractivity contribution is -0.122. The van der Waals surface area contributed by atoms with Gasteiger partial charge in [0.05, 0.1) is 24.2 Å². The molecule has 0 aromatic heterocycles. The molecule has 3 rings (SSSR count). The second-order valence-electron chi connectivity index (χ2n) is 6.24. The van der Waals surface area contributed by atoms with Gasteiger partial charge in [0.15, 0.2) is 21.4 Å². The van der Waals surface area contributed by atoms with Crippen molar-refractivity contribution in [1.82, 2.24) is 5.32 Å².